The molecule has 0 aromatic heterocycles. The maximum atomic E-state index is 11.2. The molecule has 0 aliphatic rings. The molecule has 0 radical (unpaired) electrons. The second-order valence-corrected chi connectivity index (χ2v) is 4.07. The first-order valence-corrected chi connectivity index (χ1v) is 6.14. The van der Waals surface area contributed by atoms with Gasteiger partial charge in [-0.05, 0) is 32.3 Å². The average Bonchev–Trinajstić information content (AvgIpc) is 2.35. The molecule has 0 bridgehead atoms. The first kappa shape index (κ1) is 14.2. The van der Waals surface area contributed by atoms with Crippen molar-refractivity contribution in [2.45, 2.75) is 26.7 Å². The number of rotatable bonds is 5. The number of aryl methyl sites for hydroxylation is 2. The van der Waals surface area contributed by atoms with Gasteiger partial charge < -0.3 is 10.1 Å². The number of carbonyl (C=O) groups excluding carboxylic acids is 2. The van der Waals surface area contributed by atoms with E-state index in [2.05, 4.69) is 22.2 Å². The zero-order chi connectivity index (χ0) is 13.4. The van der Waals surface area contributed by atoms with Gasteiger partial charge in [0.25, 0.3) is 0 Å². The lowest BCUT2D eigenvalue weighted by molar-refractivity contribution is -0.154. The first-order valence-electron chi connectivity index (χ1n) is 6.14. The number of hydrogen-bond acceptors (Lipinski definition) is 3. The predicted molar refractivity (Wildman–Crippen MR) is 69.1 cm³/mol. The summed E-state index contributed by atoms with van der Waals surface area (Å²) in [4.78, 5) is 22.2. The van der Waals surface area contributed by atoms with Gasteiger partial charge in [0, 0.05) is 6.54 Å². The maximum Gasteiger partial charge on any atom is 0.396 e. The van der Waals surface area contributed by atoms with Crippen LogP contribution in [0, 0.1) is 6.92 Å². The Bertz CT molecular complexity index is 415. The van der Waals surface area contributed by atoms with E-state index in [1.807, 2.05) is 19.1 Å². The summed E-state index contributed by atoms with van der Waals surface area (Å²) in [5.41, 5.74) is 2.46. The van der Waals surface area contributed by atoms with Crippen LogP contribution in [0.3, 0.4) is 0 Å². The fourth-order valence-electron chi connectivity index (χ4n) is 1.63. The molecule has 0 heterocycles. The van der Waals surface area contributed by atoms with Crippen molar-refractivity contribution in [1.82, 2.24) is 5.32 Å². The Morgan fingerprint density at radius 1 is 1.33 bits per heavy atom. The summed E-state index contributed by atoms with van der Waals surface area (Å²) in [5.74, 6) is -1.48. The highest BCUT2D eigenvalue weighted by Gasteiger charge is 2.12. The third-order valence-corrected chi connectivity index (χ3v) is 2.47. The van der Waals surface area contributed by atoms with Gasteiger partial charge in [-0.15, -0.1) is 0 Å². The smallest absolute Gasteiger partial charge is 0.396 e. The molecule has 18 heavy (non-hydrogen) atoms. The van der Waals surface area contributed by atoms with Gasteiger partial charge in [-0.1, -0.05) is 29.8 Å². The second kappa shape index (κ2) is 7.48. The van der Waals surface area contributed by atoms with Crippen molar-refractivity contribution in [3.05, 3.63) is 35.4 Å². The molecule has 0 saturated heterocycles. The van der Waals surface area contributed by atoms with Gasteiger partial charge >= 0.3 is 11.9 Å². The van der Waals surface area contributed by atoms with E-state index in [0.29, 0.717) is 6.54 Å². The summed E-state index contributed by atoms with van der Waals surface area (Å²) in [5, 5.41) is 2.54. The molecular weight excluding hydrogens is 230 g/mol. The molecule has 0 atom stereocenters. The van der Waals surface area contributed by atoms with Gasteiger partial charge in [0.15, 0.2) is 0 Å². The normalized spacial score (nSPS) is 9.89. The molecule has 1 amide bonds. The highest BCUT2D eigenvalue weighted by Crippen LogP contribution is 2.05. The highest BCUT2D eigenvalue weighted by atomic mass is 16.5. The molecule has 0 saturated carbocycles. The van der Waals surface area contributed by atoms with E-state index in [0.717, 1.165) is 12.8 Å². The van der Waals surface area contributed by atoms with E-state index in [9.17, 15) is 9.59 Å². The van der Waals surface area contributed by atoms with Gasteiger partial charge in [0.05, 0.1) is 6.61 Å². The van der Waals surface area contributed by atoms with E-state index >= 15 is 0 Å². The zero-order valence-electron chi connectivity index (χ0n) is 10.9. The summed E-state index contributed by atoms with van der Waals surface area (Å²) in [7, 11) is 0. The molecule has 0 fully saturated rings. The lowest BCUT2D eigenvalue weighted by Crippen LogP contribution is -2.33. The zero-order valence-corrected chi connectivity index (χ0v) is 10.9. The maximum absolute atomic E-state index is 11.2. The van der Waals surface area contributed by atoms with Crippen molar-refractivity contribution >= 4 is 11.9 Å². The van der Waals surface area contributed by atoms with Gasteiger partial charge in [0.2, 0.25) is 0 Å². The fraction of sp³-hybridized carbons (Fsp3) is 0.429. The minimum Gasteiger partial charge on any atom is -0.459 e. The number of nitrogens with one attached hydrogen (secondary N) is 1. The molecule has 1 N–H and O–H groups in total. The molecule has 1 aromatic carbocycles. The van der Waals surface area contributed by atoms with Crippen molar-refractivity contribution in [1.29, 1.82) is 0 Å². The van der Waals surface area contributed by atoms with Crippen LogP contribution in [-0.2, 0) is 20.7 Å². The largest absolute Gasteiger partial charge is 0.459 e. The monoisotopic (exact) mass is 249 g/mol. The van der Waals surface area contributed by atoms with Crippen LogP contribution in [0.15, 0.2) is 24.3 Å². The lowest BCUT2D eigenvalue weighted by Gasteiger charge is -2.05. The van der Waals surface area contributed by atoms with Gasteiger partial charge in [-0.3, -0.25) is 4.79 Å². The van der Waals surface area contributed by atoms with Gasteiger partial charge in [0.1, 0.15) is 0 Å². The summed E-state index contributed by atoms with van der Waals surface area (Å²) in [6.07, 6.45) is 1.68. The quantitative estimate of drug-likeness (QED) is 0.490. The van der Waals surface area contributed by atoms with Crippen molar-refractivity contribution in [3.63, 3.8) is 0 Å². The summed E-state index contributed by atoms with van der Waals surface area (Å²) >= 11 is 0. The summed E-state index contributed by atoms with van der Waals surface area (Å²) in [6.45, 7) is 4.41. The average molecular weight is 249 g/mol. The van der Waals surface area contributed by atoms with Crippen LogP contribution >= 0.6 is 0 Å². The Kier molecular flexibility index (Phi) is 5.91. The third-order valence-electron chi connectivity index (χ3n) is 2.47. The Hall–Kier alpha value is -1.84. The Labute approximate surface area is 107 Å². The first-order chi connectivity index (χ1) is 8.63. The van der Waals surface area contributed by atoms with Gasteiger partial charge in [-0.25, -0.2) is 4.79 Å². The van der Waals surface area contributed by atoms with E-state index in [-0.39, 0.29) is 6.61 Å². The van der Waals surface area contributed by atoms with E-state index in [1.54, 1.807) is 6.92 Å². The van der Waals surface area contributed by atoms with E-state index in [4.69, 9.17) is 0 Å². The van der Waals surface area contributed by atoms with Crippen molar-refractivity contribution in [2.75, 3.05) is 13.2 Å². The Morgan fingerprint density at radius 3 is 2.78 bits per heavy atom. The molecule has 0 spiro atoms. The molecule has 1 rings (SSSR count). The molecule has 0 aliphatic heterocycles. The number of esters is 1. The number of ether oxygens (including phenoxy) is 1. The van der Waals surface area contributed by atoms with E-state index < -0.39 is 11.9 Å². The third kappa shape index (κ3) is 4.99. The number of hydrogen-bond donors (Lipinski definition) is 1. The minimum atomic E-state index is -0.812. The molecule has 0 aliphatic carbocycles. The van der Waals surface area contributed by atoms with Crippen LogP contribution in [0.2, 0.25) is 0 Å². The second-order valence-electron chi connectivity index (χ2n) is 4.07. The van der Waals surface area contributed by atoms with Crippen molar-refractivity contribution in [2.24, 2.45) is 0 Å². The van der Waals surface area contributed by atoms with Crippen molar-refractivity contribution < 1.29 is 14.3 Å². The SMILES string of the molecule is CCOC(=O)C(=O)NCCCc1cccc(C)c1. The molecule has 0 unspecified atom stereocenters. The van der Waals surface area contributed by atoms with Crippen LogP contribution in [0.25, 0.3) is 0 Å². The van der Waals surface area contributed by atoms with Crippen LogP contribution in [0.4, 0.5) is 0 Å². The van der Waals surface area contributed by atoms with Crippen molar-refractivity contribution in [3.8, 4) is 0 Å². The number of carbonyl (C=O) groups is 2. The molecule has 4 heteroatoms. The standard InChI is InChI=1S/C14H19NO3/c1-3-18-14(17)13(16)15-9-5-8-12-7-4-6-11(2)10-12/h4,6-7,10H,3,5,8-9H2,1-2H3,(H,15,16). The summed E-state index contributed by atoms with van der Waals surface area (Å²) < 4.78 is 4.58. The topological polar surface area (TPSA) is 55.4 Å². The minimum absolute atomic E-state index is 0.218. The highest BCUT2D eigenvalue weighted by molar-refractivity contribution is 6.32. The molecule has 4 nitrogen and oxygen atoms in total. The van der Waals surface area contributed by atoms with Crippen LogP contribution in [0.5, 0.6) is 0 Å². The fourth-order valence-corrected chi connectivity index (χ4v) is 1.63. The molecule has 1 aromatic rings. The Morgan fingerprint density at radius 2 is 2.11 bits per heavy atom. The van der Waals surface area contributed by atoms with Crippen LogP contribution in [0.1, 0.15) is 24.5 Å². The predicted octanol–water partition coefficient (Wildman–Crippen LogP) is 1.61. The Balaban J connectivity index is 2.23. The van der Waals surface area contributed by atoms with Gasteiger partial charge in [-0.2, -0.15) is 0 Å². The molecular formula is C14H19NO3. The van der Waals surface area contributed by atoms with Crippen LogP contribution < -0.4 is 5.32 Å². The molecule has 98 valence electrons. The lowest BCUT2D eigenvalue weighted by atomic mass is 10.1. The van der Waals surface area contributed by atoms with Crippen LogP contribution in [-0.4, -0.2) is 25.0 Å². The number of benzene rings is 1. The summed E-state index contributed by atoms with van der Waals surface area (Å²) in [6, 6.07) is 8.24. The number of amides is 1. The van der Waals surface area contributed by atoms with E-state index in [1.165, 1.54) is 11.1 Å².